The van der Waals surface area contributed by atoms with Gasteiger partial charge in [-0.3, -0.25) is 4.79 Å². The highest BCUT2D eigenvalue weighted by Gasteiger charge is 2.20. The van der Waals surface area contributed by atoms with Gasteiger partial charge < -0.3 is 15.8 Å². The number of H-pyrrole nitrogens is 1. The van der Waals surface area contributed by atoms with Crippen molar-refractivity contribution in [3.63, 3.8) is 0 Å². The fraction of sp³-hybridized carbons (Fsp3) is 0.333. The number of amides is 1. The van der Waals surface area contributed by atoms with Gasteiger partial charge in [0, 0.05) is 25.8 Å². The number of carbonyl (C=O) groups excluding carboxylic acids is 1. The number of pyridine rings is 2. The van der Waals surface area contributed by atoms with Gasteiger partial charge >= 0.3 is 5.56 Å². The van der Waals surface area contributed by atoms with Crippen molar-refractivity contribution >= 4 is 28.4 Å². The largest absolute Gasteiger partial charge is 0.382 e. The van der Waals surface area contributed by atoms with E-state index in [0.29, 0.717) is 42.3 Å². The van der Waals surface area contributed by atoms with Gasteiger partial charge in [-0.2, -0.15) is 4.40 Å². The number of hydrogen-bond acceptors (Lipinski definition) is 5. The van der Waals surface area contributed by atoms with Crippen LogP contribution in [0.1, 0.15) is 29.3 Å². The van der Waals surface area contributed by atoms with E-state index < -0.39 is 5.91 Å². The number of hydrogen-bond donors (Lipinski definition) is 2. The molecule has 3 heterocycles. The highest BCUT2D eigenvalue weighted by molar-refractivity contribution is 6.00. The standard InChI is InChI=1S/C18H21N5O3/c1-3-26-8-4-7-20-16-12(15(19)24)9-13-17(22-16)21-14-6-5-11(2)10-23(14)18(13)25/h5-6,9-10H,3-4,7-8H2,1-2H3,(H2,19,24)(H,20,22)/p+1. The summed E-state index contributed by atoms with van der Waals surface area (Å²) in [4.78, 5) is 32.2. The molecule has 1 amide bonds. The van der Waals surface area contributed by atoms with Gasteiger partial charge in [0.15, 0.2) is 0 Å². The maximum absolute atomic E-state index is 12.8. The summed E-state index contributed by atoms with van der Waals surface area (Å²) in [5, 5.41) is 3.41. The predicted octanol–water partition coefficient (Wildman–Crippen LogP) is 0.908. The van der Waals surface area contributed by atoms with Crippen LogP contribution in [0.2, 0.25) is 0 Å². The van der Waals surface area contributed by atoms with Crippen molar-refractivity contribution in [3.05, 3.63) is 45.9 Å². The SMILES string of the molecule is CCOCCCNc1nc2[nH+]c3ccc(C)cn3c(=O)c2cc1C(N)=O. The first-order valence-electron chi connectivity index (χ1n) is 8.51. The number of carbonyl (C=O) groups is 1. The van der Waals surface area contributed by atoms with Crippen molar-refractivity contribution < 1.29 is 14.5 Å². The number of ether oxygens (including phenoxy) is 1. The molecule has 0 aliphatic heterocycles. The molecular weight excluding hydrogens is 334 g/mol. The Hall–Kier alpha value is -3.00. The minimum atomic E-state index is -0.638. The molecule has 3 aromatic rings. The van der Waals surface area contributed by atoms with Crippen LogP contribution in [0, 0.1) is 6.92 Å². The van der Waals surface area contributed by atoms with Gasteiger partial charge in [-0.1, -0.05) is 4.98 Å². The van der Waals surface area contributed by atoms with E-state index in [4.69, 9.17) is 10.5 Å². The Labute approximate surface area is 150 Å². The second-order valence-electron chi connectivity index (χ2n) is 6.01. The molecule has 8 heteroatoms. The number of aromatic amines is 1. The van der Waals surface area contributed by atoms with E-state index in [1.54, 1.807) is 6.20 Å². The predicted molar refractivity (Wildman–Crippen MR) is 98.4 cm³/mol. The van der Waals surface area contributed by atoms with E-state index in [2.05, 4.69) is 15.3 Å². The van der Waals surface area contributed by atoms with Crippen LogP contribution in [0.5, 0.6) is 0 Å². The molecule has 0 aromatic carbocycles. The number of nitrogens with two attached hydrogens (primary N) is 1. The van der Waals surface area contributed by atoms with Crippen LogP contribution in [0.3, 0.4) is 0 Å². The normalized spacial score (nSPS) is 11.2. The molecule has 0 bridgehead atoms. The van der Waals surface area contributed by atoms with E-state index >= 15 is 0 Å². The summed E-state index contributed by atoms with van der Waals surface area (Å²) in [6.07, 6.45) is 2.49. The van der Waals surface area contributed by atoms with Crippen molar-refractivity contribution in [3.8, 4) is 0 Å². The lowest BCUT2D eigenvalue weighted by Gasteiger charge is -2.07. The molecule has 0 aliphatic rings. The topological polar surface area (TPSA) is 113 Å². The molecule has 136 valence electrons. The van der Waals surface area contributed by atoms with Gasteiger partial charge in [0.25, 0.3) is 11.6 Å². The van der Waals surface area contributed by atoms with E-state index in [1.807, 2.05) is 26.0 Å². The number of nitrogens with zero attached hydrogens (tertiary/aromatic N) is 2. The molecule has 8 nitrogen and oxygen atoms in total. The van der Waals surface area contributed by atoms with Gasteiger partial charge in [0.2, 0.25) is 11.5 Å². The Morgan fingerprint density at radius 2 is 2.23 bits per heavy atom. The van der Waals surface area contributed by atoms with Crippen LogP contribution < -0.4 is 21.6 Å². The first kappa shape index (κ1) is 17.8. The minimum Gasteiger partial charge on any atom is -0.382 e. The third kappa shape index (κ3) is 3.50. The molecule has 26 heavy (non-hydrogen) atoms. The first-order chi connectivity index (χ1) is 12.5. The fourth-order valence-corrected chi connectivity index (χ4v) is 2.75. The van der Waals surface area contributed by atoms with Gasteiger partial charge in [-0.15, -0.1) is 0 Å². The molecule has 4 N–H and O–H groups in total. The third-order valence-electron chi connectivity index (χ3n) is 4.04. The summed E-state index contributed by atoms with van der Waals surface area (Å²) in [5.74, 6) is -0.283. The highest BCUT2D eigenvalue weighted by atomic mass is 16.5. The maximum atomic E-state index is 12.8. The number of rotatable bonds is 7. The van der Waals surface area contributed by atoms with Crippen LogP contribution >= 0.6 is 0 Å². The van der Waals surface area contributed by atoms with Crippen molar-refractivity contribution in [1.82, 2.24) is 9.38 Å². The Kier molecular flexibility index (Phi) is 5.13. The molecule has 0 radical (unpaired) electrons. The van der Waals surface area contributed by atoms with Crippen LogP contribution in [0.4, 0.5) is 5.82 Å². The number of nitrogens with one attached hydrogen (secondary N) is 2. The van der Waals surface area contributed by atoms with E-state index in [-0.39, 0.29) is 11.1 Å². The number of fused-ring (bicyclic) bond motifs is 2. The zero-order valence-corrected chi connectivity index (χ0v) is 14.8. The van der Waals surface area contributed by atoms with Crippen LogP contribution in [-0.4, -0.2) is 35.1 Å². The summed E-state index contributed by atoms with van der Waals surface area (Å²) < 4.78 is 6.79. The average Bonchev–Trinajstić information content (AvgIpc) is 2.62. The Balaban J connectivity index is 2.06. The van der Waals surface area contributed by atoms with Crippen molar-refractivity contribution in [2.75, 3.05) is 25.1 Å². The third-order valence-corrected chi connectivity index (χ3v) is 4.04. The lowest BCUT2D eigenvalue weighted by atomic mass is 10.2. The number of primary amides is 1. The van der Waals surface area contributed by atoms with Crippen LogP contribution in [-0.2, 0) is 4.74 Å². The van der Waals surface area contributed by atoms with Crippen LogP contribution in [0.15, 0.2) is 29.2 Å². The van der Waals surface area contributed by atoms with E-state index in [0.717, 1.165) is 12.0 Å². The zero-order valence-electron chi connectivity index (χ0n) is 14.8. The molecule has 0 saturated heterocycles. The van der Waals surface area contributed by atoms with Crippen molar-refractivity contribution in [1.29, 1.82) is 0 Å². The molecular formula is C18H22N5O3+. The molecule has 0 aliphatic carbocycles. The van der Waals surface area contributed by atoms with Crippen molar-refractivity contribution in [2.24, 2.45) is 5.73 Å². The van der Waals surface area contributed by atoms with Gasteiger partial charge in [0.1, 0.15) is 5.39 Å². The molecule has 0 atom stereocenters. The fourth-order valence-electron chi connectivity index (χ4n) is 2.75. The Bertz CT molecular complexity index is 1030. The summed E-state index contributed by atoms with van der Waals surface area (Å²) in [6.45, 7) is 5.68. The summed E-state index contributed by atoms with van der Waals surface area (Å²) in [7, 11) is 0. The quantitative estimate of drug-likeness (QED) is 0.482. The minimum absolute atomic E-state index is 0.187. The first-order valence-corrected chi connectivity index (χ1v) is 8.51. The average molecular weight is 356 g/mol. The molecule has 3 aromatic heterocycles. The van der Waals surface area contributed by atoms with Crippen LogP contribution in [0.25, 0.3) is 16.7 Å². The molecule has 0 fully saturated rings. The smallest absolute Gasteiger partial charge is 0.325 e. The number of aromatic nitrogens is 3. The Morgan fingerprint density at radius 1 is 1.42 bits per heavy atom. The summed E-state index contributed by atoms with van der Waals surface area (Å²) >= 11 is 0. The summed E-state index contributed by atoms with van der Waals surface area (Å²) in [6, 6.07) is 5.21. The van der Waals surface area contributed by atoms with Gasteiger partial charge in [-0.05, 0) is 38.0 Å². The zero-order chi connectivity index (χ0) is 18.7. The molecule has 0 saturated carbocycles. The second kappa shape index (κ2) is 7.49. The van der Waals surface area contributed by atoms with E-state index in [9.17, 15) is 9.59 Å². The summed E-state index contributed by atoms with van der Waals surface area (Å²) in [5.41, 5.74) is 7.38. The van der Waals surface area contributed by atoms with E-state index in [1.165, 1.54) is 10.5 Å². The highest BCUT2D eigenvalue weighted by Crippen LogP contribution is 2.16. The Morgan fingerprint density at radius 3 is 2.96 bits per heavy atom. The van der Waals surface area contributed by atoms with Gasteiger partial charge in [-0.25, -0.2) is 9.78 Å². The lowest BCUT2D eigenvalue weighted by molar-refractivity contribution is -0.319. The molecule has 0 spiro atoms. The second-order valence-corrected chi connectivity index (χ2v) is 6.01. The van der Waals surface area contributed by atoms with Crippen molar-refractivity contribution in [2.45, 2.75) is 20.3 Å². The van der Waals surface area contributed by atoms with Gasteiger partial charge in [0.05, 0.1) is 11.8 Å². The monoisotopic (exact) mass is 356 g/mol. The lowest BCUT2D eigenvalue weighted by Crippen LogP contribution is -2.26. The number of anilines is 1. The number of aryl methyl sites for hydroxylation is 1. The molecule has 3 rings (SSSR count). The molecule has 0 unspecified atom stereocenters. The maximum Gasteiger partial charge on any atom is 0.325 e.